The van der Waals surface area contributed by atoms with Crippen LogP contribution in [0.1, 0.15) is 27.8 Å². The second kappa shape index (κ2) is 7.66. The number of hydroxylamine groups is 1. The summed E-state index contributed by atoms with van der Waals surface area (Å²) in [4.78, 5) is 23.5. The zero-order chi connectivity index (χ0) is 18.5. The van der Waals surface area contributed by atoms with Crippen molar-refractivity contribution in [2.45, 2.75) is 13.0 Å². The van der Waals surface area contributed by atoms with Gasteiger partial charge in [0.2, 0.25) is 5.76 Å². The Morgan fingerprint density at radius 3 is 2.69 bits per heavy atom. The molecule has 2 amide bonds. The molecule has 0 saturated heterocycles. The van der Waals surface area contributed by atoms with E-state index in [1.54, 1.807) is 13.0 Å². The third kappa shape index (κ3) is 3.98. The van der Waals surface area contributed by atoms with Crippen LogP contribution in [0.5, 0.6) is 5.88 Å². The molecule has 0 saturated carbocycles. The number of rotatable bonds is 6. The minimum Gasteiger partial charge on any atom is -0.471 e. The number of carbonyl (C=O) groups excluding carboxylic acids is 2. The molecule has 1 aromatic heterocycles. The maximum Gasteiger partial charge on any atom is 0.313 e. The third-order valence-corrected chi connectivity index (χ3v) is 3.70. The lowest BCUT2D eigenvalue weighted by Gasteiger charge is -2.13. The Kier molecular flexibility index (Phi) is 5.14. The molecule has 0 aliphatic carbocycles. The van der Waals surface area contributed by atoms with Crippen LogP contribution in [0.4, 0.5) is 0 Å². The van der Waals surface area contributed by atoms with Gasteiger partial charge in [-0.2, -0.15) is 0 Å². The van der Waals surface area contributed by atoms with Crippen molar-refractivity contribution in [3.05, 3.63) is 59.9 Å². The van der Waals surface area contributed by atoms with Crippen molar-refractivity contribution in [1.82, 2.24) is 16.0 Å². The van der Waals surface area contributed by atoms with Crippen LogP contribution in [-0.4, -0.2) is 34.8 Å². The Bertz CT molecular complexity index is 937. The van der Waals surface area contributed by atoms with Gasteiger partial charge in [0.05, 0.1) is 12.6 Å². The summed E-state index contributed by atoms with van der Waals surface area (Å²) in [7, 11) is 0. The van der Waals surface area contributed by atoms with Gasteiger partial charge in [-0.25, -0.2) is 5.48 Å². The maximum atomic E-state index is 12.3. The molecular weight excluding hydrogens is 338 g/mol. The average molecular weight is 355 g/mol. The summed E-state index contributed by atoms with van der Waals surface area (Å²) >= 11 is 0. The van der Waals surface area contributed by atoms with Crippen LogP contribution in [0, 0.1) is 0 Å². The summed E-state index contributed by atoms with van der Waals surface area (Å²) in [5.74, 6) is -1.15. The summed E-state index contributed by atoms with van der Waals surface area (Å²) in [5, 5.41) is 16.9. The molecule has 8 heteroatoms. The second-order valence-electron chi connectivity index (χ2n) is 5.67. The van der Waals surface area contributed by atoms with Crippen molar-refractivity contribution in [3.8, 4) is 5.88 Å². The standard InChI is InChI=1S/C18H17N3O5/c1-11(25-16-9-15(26-21-16)18(23)20-24)10-19-17(22)14-7-6-12-4-2-3-5-13(12)8-14/h2-9,11,24H,10H2,1H3,(H,19,22)(H,20,23)/t11-/m1/s1. The molecule has 0 radical (unpaired) electrons. The maximum absolute atomic E-state index is 12.3. The number of ether oxygens (including phenoxy) is 1. The van der Waals surface area contributed by atoms with Gasteiger partial charge in [0.15, 0.2) is 0 Å². The zero-order valence-corrected chi connectivity index (χ0v) is 13.9. The van der Waals surface area contributed by atoms with E-state index in [2.05, 4.69) is 10.5 Å². The summed E-state index contributed by atoms with van der Waals surface area (Å²) < 4.78 is 10.2. The van der Waals surface area contributed by atoms with Crippen molar-refractivity contribution in [2.75, 3.05) is 6.54 Å². The van der Waals surface area contributed by atoms with Gasteiger partial charge < -0.3 is 14.6 Å². The molecule has 0 bridgehead atoms. The summed E-state index contributed by atoms with van der Waals surface area (Å²) in [5.41, 5.74) is 1.99. The molecule has 0 fully saturated rings. The van der Waals surface area contributed by atoms with Crippen molar-refractivity contribution in [1.29, 1.82) is 0 Å². The number of carbonyl (C=O) groups is 2. The van der Waals surface area contributed by atoms with E-state index >= 15 is 0 Å². The molecule has 3 N–H and O–H groups in total. The number of nitrogens with one attached hydrogen (secondary N) is 2. The number of benzene rings is 2. The van der Waals surface area contributed by atoms with E-state index in [0.717, 1.165) is 10.8 Å². The van der Waals surface area contributed by atoms with E-state index in [1.165, 1.54) is 11.5 Å². The normalized spacial score (nSPS) is 11.8. The van der Waals surface area contributed by atoms with Gasteiger partial charge in [0, 0.05) is 5.56 Å². The minimum atomic E-state index is -0.829. The SMILES string of the molecule is C[C@H](CNC(=O)c1ccc2ccccc2c1)Oc1cc(C(=O)NO)on1. The van der Waals surface area contributed by atoms with Crippen molar-refractivity contribution in [2.24, 2.45) is 0 Å². The molecule has 0 aliphatic rings. The van der Waals surface area contributed by atoms with Crippen molar-refractivity contribution < 1.29 is 24.1 Å². The smallest absolute Gasteiger partial charge is 0.313 e. The second-order valence-corrected chi connectivity index (χ2v) is 5.67. The molecule has 26 heavy (non-hydrogen) atoms. The molecule has 0 aliphatic heterocycles. The van der Waals surface area contributed by atoms with Crippen LogP contribution in [0.3, 0.4) is 0 Å². The summed E-state index contributed by atoms with van der Waals surface area (Å²) in [6.45, 7) is 1.97. The predicted octanol–water partition coefficient (Wildman–Crippen LogP) is 2.14. The monoisotopic (exact) mass is 355 g/mol. The number of aromatic nitrogens is 1. The average Bonchev–Trinajstić information content (AvgIpc) is 3.13. The Morgan fingerprint density at radius 2 is 1.92 bits per heavy atom. The van der Waals surface area contributed by atoms with Gasteiger partial charge in [-0.05, 0) is 35.0 Å². The van der Waals surface area contributed by atoms with Crippen LogP contribution in [0.15, 0.2) is 53.1 Å². The number of fused-ring (bicyclic) bond motifs is 1. The fourth-order valence-corrected chi connectivity index (χ4v) is 2.39. The Hall–Kier alpha value is -3.39. The van der Waals surface area contributed by atoms with E-state index in [0.29, 0.717) is 5.56 Å². The highest BCUT2D eigenvalue weighted by molar-refractivity contribution is 5.98. The number of nitrogens with zero attached hydrogens (tertiary/aromatic N) is 1. The highest BCUT2D eigenvalue weighted by Crippen LogP contribution is 2.16. The molecule has 0 unspecified atom stereocenters. The van der Waals surface area contributed by atoms with Gasteiger partial charge in [-0.1, -0.05) is 30.3 Å². The first-order valence-corrected chi connectivity index (χ1v) is 7.91. The van der Waals surface area contributed by atoms with Crippen LogP contribution in [-0.2, 0) is 0 Å². The fraction of sp³-hybridized carbons (Fsp3) is 0.167. The third-order valence-electron chi connectivity index (χ3n) is 3.70. The van der Waals surface area contributed by atoms with Crippen LogP contribution >= 0.6 is 0 Å². The van der Waals surface area contributed by atoms with Crippen LogP contribution < -0.4 is 15.5 Å². The van der Waals surface area contributed by atoms with Gasteiger partial charge in [0.25, 0.3) is 11.8 Å². The lowest BCUT2D eigenvalue weighted by molar-refractivity contribution is 0.0666. The van der Waals surface area contributed by atoms with Gasteiger partial charge in [0.1, 0.15) is 6.10 Å². The van der Waals surface area contributed by atoms with E-state index in [-0.39, 0.29) is 24.1 Å². The van der Waals surface area contributed by atoms with Crippen molar-refractivity contribution in [3.63, 3.8) is 0 Å². The largest absolute Gasteiger partial charge is 0.471 e. The highest BCUT2D eigenvalue weighted by Gasteiger charge is 2.15. The highest BCUT2D eigenvalue weighted by atomic mass is 16.5. The Morgan fingerprint density at radius 1 is 1.15 bits per heavy atom. The van der Waals surface area contributed by atoms with E-state index in [1.807, 2.05) is 36.4 Å². The van der Waals surface area contributed by atoms with Crippen LogP contribution in [0.25, 0.3) is 10.8 Å². The molecule has 2 aromatic carbocycles. The molecule has 1 heterocycles. The first-order valence-electron chi connectivity index (χ1n) is 7.91. The topological polar surface area (TPSA) is 114 Å². The molecule has 8 nitrogen and oxygen atoms in total. The van der Waals surface area contributed by atoms with E-state index < -0.39 is 12.0 Å². The molecule has 3 rings (SSSR count). The Labute approximate surface area is 148 Å². The summed E-state index contributed by atoms with van der Waals surface area (Å²) in [6, 6.07) is 14.5. The zero-order valence-electron chi connectivity index (χ0n) is 13.9. The lowest BCUT2D eigenvalue weighted by atomic mass is 10.1. The van der Waals surface area contributed by atoms with E-state index in [4.69, 9.17) is 14.5 Å². The lowest BCUT2D eigenvalue weighted by Crippen LogP contribution is -2.33. The summed E-state index contributed by atoms with van der Waals surface area (Å²) in [6.07, 6.45) is -0.408. The fourth-order valence-electron chi connectivity index (χ4n) is 2.39. The number of hydrogen-bond donors (Lipinski definition) is 3. The molecule has 1 atom stereocenters. The molecular formula is C18H17N3O5. The molecule has 134 valence electrons. The van der Waals surface area contributed by atoms with Crippen LogP contribution in [0.2, 0.25) is 0 Å². The quantitative estimate of drug-likeness (QED) is 0.461. The first kappa shape index (κ1) is 17.4. The van der Waals surface area contributed by atoms with E-state index in [9.17, 15) is 9.59 Å². The van der Waals surface area contributed by atoms with Gasteiger partial charge in [-0.15, -0.1) is 0 Å². The molecule has 3 aromatic rings. The Balaban J connectivity index is 1.56. The first-order chi connectivity index (χ1) is 12.6. The minimum absolute atomic E-state index is 0.0797. The number of hydrogen-bond acceptors (Lipinski definition) is 6. The van der Waals surface area contributed by atoms with Crippen molar-refractivity contribution >= 4 is 22.6 Å². The number of amides is 2. The van der Waals surface area contributed by atoms with Gasteiger partial charge in [-0.3, -0.25) is 14.8 Å². The molecule has 0 spiro atoms. The predicted molar refractivity (Wildman–Crippen MR) is 92.1 cm³/mol. The van der Waals surface area contributed by atoms with Gasteiger partial charge >= 0.3 is 5.91 Å².